The second kappa shape index (κ2) is 4.70. The minimum absolute atomic E-state index is 0.00292. The molecule has 15 heavy (non-hydrogen) atoms. The van der Waals surface area contributed by atoms with E-state index in [0.717, 1.165) is 0 Å². The zero-order chi connectivity index (χ0) is 11.6. The van der Waals surface area contributed by atoms with Gasteiger partial charge in [-0.05, 0) is 24.8 Å². The first-order valence-electron chi connectivity index (χ1n) is 5.37. The highest BCUT2D eigenvalue weighted by Gasteiger charge is 2.45. The van der Waals surface area contributed by atoms with E-state index in [1.165, 1.54) is 4.90 Å². The summed E-state index contributed by atoms with van der Waals surface area (Å²) in [4.78, 5) is 1.53. The summed E-state index contributed by atoms with van der Waals surface area (Å²) in [6.45, 7) is 5.15. The van der Waals surface area contributed by atoms with Crippen molar-refractivity contribution in [3.63, 3.8) is 0 Å². The molecule has 0 spiro atoms. The normalized spacial score (nSPS) is 30.8. The topological polar surface area (TPSA) is 29.3 Å². The highest BCUT2D eigenvalue weighted by atomic mass is 19.4. The molecular formula is C10H19F3N2. The second-order valence-electron chi connectivity index (χ2n) is 4.54. The molecule has 0 radical (unpaired) electrons. The molecule has 0 aromatic heterocycles. The smallest absolute Gasteiger partial charge is 0.330 e. The standard InChI is InChI=1S/C10H19F3N2/c1-7-5-15(6-8(7)2)9(3-4-14)10(11,12)13/h7-9H,3-6,14H2,1-2H3. The van der Waals surface area contributed by atoms with Gasteiger partial charge < -0.3 is 5.73 Å². The van der Waals surface area contributed by atoms with Gasteiger partial charge in [0, 0.05) is 13.1 Å². The lowest BCUT2D eigenvalue weighted by Gasteiger charge is -2.29. The molecule has 1 rings (SSSR count). The van der Waals surface area contributed by atoms with Crippen LogP contribution in [0.15, 0.2) is 0 Å². The molecule has 3 unspecified atom stereocenters. The molecule has 0 aliphatic carbocycles. The summed E-state index contributed by atoms with van der Waals surface area (Å²) in [7, 11) is 0. The summed E-state index contributed by atoms with van der Waals surface area (Å²) in [5.41, 5.74) is 5.24. The van der Waals surface area contributed by atoms with Crippen molar-refractivity contribution in [3.8, 4) is 0 Å². The summed E-state index contributed by atoms with van der Waals surface area (Å²) in [6, 6.07) is -1.35. The predicted octanol–water partition coefficient (Wildman–Crippen LogP) is 1.85. The van der Waals surface area contributed by atoms with Gasteiger partial charge in [0.2, 0.25) is 0 Å². The van der Waals surface area contributed by atoms with Gasteiger partial charge >= 0.3 is 6.18 Å². The number of hydrogen-bond donors (Lipinski definition) is 1. The quantitative estimate of drug-likeness (QED) is 0.792. The molecule has 0 amide bonds. The molecule has 5 heteroatoms. The molecule has 0 aromatic carbocycles. The van der Waals surface area contributed by atoms with Gasteiger partial charge in [-0.1, -0.05) is 13.8 Å². The Labute approximate surface area is 88.6 Å². The first kappa shape index (κ1) is 12.8. The number of nitrogens with two attached hydrogens (primary N) is 1. The van der Waals surface area contributed by atoms with Crippen LogP contribution in [-0.4, -0.2) is 36.8 Å². The summed E-state index contributed by atoms with van der Waals surface area (Å²) < 4.78 is 38.1. The van der Waals surface area contributed by atoms with Crippen LogP contribution in [0.2, 0.25) is 0 Å². The molecule has 0 bridgehead atoms. The molecule has 1 aliphatic heterocycles. The molecule has 1 saturated heterocycles. The number of nitrogens with zero attached hydrogens (tertiary/aromatic N) is 1. The first-order chi connectivity index (χ1) is 6.86. The minimum atomic E-state index is -4.15. The fourth-order valence-electron chi connectivity index (χ4n) is 2.14. The lowest BCUT2D eigenvalue weighted by molar-refractivity contribution is -0.182. The molecule has 1 heterocycles. The average molecular weight is 224 g/mol. The van der Waals surface area contributed by atoms with Gasteiger partial charge in [-0.3, -0.25) is 4.90 Å². The average Bonchev–Trinajstić information content (AvgIpc) is 2.40. The Hall–Kier alpha value is -0.290. The van der Waals surface area contributed by atoms with Crippen molar-refractivity contribution < 1.29 is 13.2 Å². The van der Waals surface area contributed by atoms with Gasteiger partial charge in [0.15, 0.2) is 0 Å². The van der Waals surface area contributed by atoms with Crippen LogP contribution in [-0.2, 0) is 0 Å². The summed E-state index contributed by atoms with van der Waals surface area (Å²) in [6.07, 6.45) is -4.15. The largest absolute Gasteiger partial charge is 0.404 e. The Morgan fingerprint density at radius 3 is 2.07 bits per heavy atom. The molecule has 3 atom stereocenters. The van der Waals surface area contributed by atoms with Gasteiger partial charge in [-0.25, -0.2) is 0 Å². The Bertz CT molecular complexity index is 195. The molecule has 90 valence electrons. The van der Waals surface area contributed by atoms with E-state index in [2.05, 4.69) is 0 Å². The maximum absolute atomic E-state index is 12.7. The number of likely N-dealkylation sites (tertiary alicyclic amines) is 1. The Kier molecular flexibility index (Phi) is 4.00. The zero-order valence-electron chi connectivity index (χ0n) is 9.22. The maximum Gasteiger partial charge on any atom is 0.404 e. The molecule has 2 nitrogen and oxygen atoms in total. The van der Waals surface area contributed by atoms with Gasteiger partial charge in [0.05, 0.1) is 0 Å². The lowest BCUT2D eigenvalue weighted by atomic mass is 10.0. The van der Waals surface area contributed by atoms with Crippen LogP contribution in [0, 0.1) is 11.8 Å². The van der Waals surface area contributed by atoms with Gasteiger partial charge in [-0.15, -0.1) is 0 Å². The molecule has 1 fully saturated rings. The van der Waals surface area contributed by atoms with E-state index in [4.69, 9.17) is 5.73 Å². The second-order valence-corrected chi connectivity index (χ2v) is 4.54. The Morgan fingerprint density at radius 2 is 1.73 bits per heavy atom. The van der Waals surface area contributed by atoms with E-state index in [1.54, 1.807) is 0 Å². The number of halogens is 3. The van der Waals surface area contributed by atoms with Crippen molar-refractivity contribution in [1.29, 1.82) is 0 Å². The van der Waals surface area contributed by atoms with Crippen molar-refractivity contribution in [3.05, 3.63) is 0 Å². The van der Waals surface area contributed by atoms with Crippen molar-refractivity contribution >= 4 is 0 Å². The van der Waals surface area contributed by atoms with E-state index in [-0.39, 0.29) is 13.0 Å². The Morgan fingerprint density at radius 1 is 1.27 bits per heavy atom. The van der Waals surface area contributed by atoms with Crippen LogP contribution >= 0.6 is 0 Å². The molecule has 0 saturated carbocycles. The van der Waals surface area contributed by atoms with E-state index in [1.807, 2.05) is 13.8 Å². The van der Waals surface area contributed by atoms with Crippen LogP contribution in [0.3, 0.4) is 0 Å². The van der Waals surface area contributed by atoms with Crippen molar-refractivity contribution in [1.82, 2.24) is 4.90 Å². The fraction of sp³-hybridized carbons (Fsp3) is 1.00. The minimum Gasteiger partial charge on any atom is -0.330 e. The van der Waals surface area contributed by atoms with E-state index in [9.17, 15) is 13.2 Å². The third-order valence-electron chi connectivity index (χ3n) is 3.28. The van der Waals surface area contributed by atoms with Crippen molar-refractivity contribution in [2.24, 2.45) is 17.6 Å². The monoisotopic (exact) mass is 224 g/mol. The van der Waals surface area contributed by atoms with Crippen LogP contribution < -0.4 is 5.73 Å². The number of alkyl halides is 3. The SMILES string of the molecule is CC1CN(C(CCN)C(F)(F)F)CC1C. The molecule has 0 aromatic rings. The third-order valence-corrected chi connectivity index (χ3v) is 3.28. The highest BCUT2D eigenvalue weighted by Crippen LogP contribution is 2.32. The Balaban J connectivity index is 2.65. The zero-order valence-corrected chi connectivity index (χ0v) is 9.22. The maximum atomic E-state index is 12.7. The highest BCUT2D eigenvalue weighted by molar-refractivity contribution is 4.87. The molecular weight excluding hydrogens is 205 g/mol. The first-order valence-corrected chi connectivity index (χ1v) is 5.37. The number of hydrogen-bond acceptors (Lipinski definition) is 2. The van der Waals surface area contributed by atoms with Crippen LogP contribution in [0.5, 0.6) is 0 Å². The van der Waals surface area contributed by atoms with Crippen LogP contribution in [0.4, 0.5) is 13.2 Å². The van der Waals surface area contributed by atoms with Crippen LogP contribution in [0.25, 0.3) is 0 Å². The van der Waals surface area contributed by atoms with Gasteiger partial charge in [0.1, 0.15) is 6.04 Å². The summed E-state index contributed by atoms with van der Waals surface area (Å²) in [5, 5.41) is 0. The van der Waals surface area contributed by atoms with Crippen molar-refractivity contribution in [2.75, 3.05) is 19.6 Å². The van der Waals surface area contributed by atoms with E-state index < -0.39 is 12.2 Å². The third kappa shape index (κ3) is 3.08. The summed E-state index contributed by atoms with van der Waals surface area (Å²) in [5.74, 6) is 0.681. The summed E-state index contributed by atoms with van der Waals surface area (Å²) >= 11 is 0. The van der Waals surface area contributed by atoms with Crippen molar-refractivity contribution in [2.45, 2.75) is 32.5 Å². The van der Waals surface area contributed by atoms with E-state index >= 15 is 0 Å². The number of rotatable bonds is 3. The van der Waals surface area contributed by atoms with Gasteiger partial charge in [0.25, 0.3) is 0 Å². The van der Waals surface area contributed by atoms with Crippen LogP contribution in [0.1, 0.15) is 20.3 Å². The lowest BCUT2D eigenvalue weighted by Crippen LogP contribution is -2.45. The fourth-order valence-corrected chi connectivity index (χ4v) is 2.14. The molecule has 1 aliphatic rings. The van der Waals surface area contributed by atoms with E-state index in [0.29, 0.717) is 24.9 Å². The molecule has 2 N–H and O–H groups in total. The van der Waals surface area contributed by atoms with Gasteiger partial charge in [-0.2, -0.15) is 13.2 Å². The predicted molar refractivity (Wildman–Crippen MR) is 53.4 cm³/mol.